The van der Waals surface area contributed by atoms with E-state index in [1.54, 1.807) is 0 Å². The van der Waals surface area contributed by atoms with Crippen LogP contribution < -0.4 is 9.47 Å². The van der Waals surface area contributed by atoms with Gasteiger partial charge in [0.2, 0.25) is 0 Å². The highest BCUT2D eigenvalue weighted by atomic mass is 32.2. The van der Waals surface area contributed by atoms with Crippen LogP contribution in [0.25, 0.3) is 0 Å². The normalized spacial score (nSPS) is 14.2. The van der Waals surface area contributed by atoms with Gasteiger partial charge in [0.05, 0.1) is 41.3 Å². The van der Waals surface area contributed by atoms with Crippen LogP contribution in [0.2, 0.25) is 0 Å². The van der Waals surface area contributed by atoms with Gasteiger partial charge in [-0.25, -0.2) is 9.59 Å². The van der Waals surface area contributed by atoms with Gasteiger partial charge in [-0.1, -0.05) is 113 Å². The predicted molar refractivity (Wildman–Crippen MR) is 186 cm³/mol. The minimum atomic E-state index is -0.767. The number of unbranched alkanes of at least 4 members (excludes halogenated alkanes) is 2. The third-order valence-corrected chi connectivity index (χ3v) is 12.7. The maximum atomic E-state index is 13.1. The van der Waals surface area contributed by atoms with Gasteiger partial charge in [0, 0.05) is 13.8 Å². The van der Waals surface area contributed by atoms with E-state index in [0.717, 1.165) is 98.4 Å². The minimum absolute atomic E-state index is 0.107. The van der Waals surface area contributed by atoms with Crippen molar-refractivity contribution in [3.63, 3.8) is 0 Å². The molecule has 14 heteroatoms. The van der Waals surface area contributed by atoms with Crippen LogP contribution in [-0.2, 0) is 28.7 Å². The molecule has 0 bridgehead atoms. The molecule has 0 radical (unpaired) electrons. The van der Waals surface area contributed by atoms with E-state index in [1.807, 2.05) is 26.0 Å². The zero-order chi connectivity index (χ0) is 35.4. The summed E-state index contributed by atoms with van der Waals surface area (Å²) in [4.78, 5) is 52.3. The van der Waals surface area contributed by atoms with E-state index >= 15 is 0 Å². The molecule has 2 aliphatic heterocycles. The van der Waals surface area contributed by atoms with Gasteiger partial charge in [-0.2, -0.15) is 10.5 Å². The fraction of sp³-hybridized carbons (Fsp3) is 0.529. The van der Waals surface area contributed by atoms with E-state index in [4.69, 9.17) is 18.9 Å². The summed E-state index contributed by atoms with van der Waals surface area (Å²) in [5, 5.41) is 20.0. The number of hydrogen-bond donors (Lipinski definition) is 0. The standard InChI is InChI=1S/C34H40N2O8S4/c1-7-11-13-21(9-3)17-41-31(39)23(15-35)33-45-27-25(43-19(5)37)29-30(26(28(27)46-33)44-20(6)38)48-34(47-29)24(16-36)32(40)42-18-22(10-4)14-12-8-2/h21-22H,7-14,17-18H2,1-6H3. The lowest BCUT2D eigenvalue weighted by Crippen LogP contribution is -2.15. The highest BCUT2D eigenvalue weighted by Gasteiger charge is 2.41. The second-order valence-corrected chi connectivity index (χ2v) is 15.7. The number of fused-ring (bicyclic) bond motifs is 2. The monoisotopic (exact) mass is 732 g/mol. The fourth-order valence-electron chi connectivity index (χ4n) is 4.76. The number of rotatable bonds is 16. The van der Waals surface area contributed by atoms with Crippen LogP contribution in [0, 0.1) is 34.5 Å². The van der Waals surface area contributed by atoms with Gasteiger partial charge in [0.25, 0.3) is 0 Å². The highest BCUT2D eigenvalue weighted by molar-refractivity contribution is 8.26. The Morgan fingerprint density at radius 1 is 0.625 bits per heavy atom. The van der Waals surface area contributed by atoms with Crippen LogP contribution in [0.1, 0.15) is 92.9 Å². The van der Waals surface area contributed by atoms with E-state index in [2.05, 4.69) is 13.8 Å². The van der Waals surface area contributed by atoms with Crippen molar-refractivity contribution in [2.45, 2.75) is 112 Å². The summed E-state index contributed by atoms with van der Waals surface area (Å²) >= 11 is 4.10. The Morgan fingerprint density at radius 2 is 0.958 bits per heavy atom. The molecule has 0 saturated carbocycles. The Kier molecular flexibility index (Phi) is 15.8. The van der Waals surface area contributed by atoms with Crippen molar-refractivity contribution in [2.24, 2.45) is 11.8 Å². The van der Waals surface area contributed by atoms with Gasteiger partial charge in [-0.3, -0.25) is 9.59 Å². The number of carbonyl (C=O) groups is 4. The van der Waals surface area contributed by atoms with E-state index in [-0.39, 0.29) is 56.2 Å². The molecular formula is C34H40N2O8S4. The Hall–Kier alpha value is -3.04. The van der Waals surface area contributed by atoms with Gasteiger partial charge in [-0.05, 0) is 24.7 Å². The Morgan fingerprint density at radius 3 is 1.21 bits per heavy atom. The first-order valence-electron chi connectivity index (χ1n) is 16.0. The van der Waals surface area contributed by atoms with Crippen molar-refractivity contribution < 1.29 is 38.1 Å². The lowest BCUT2D eigenvalue weighted by Gasteiger charge is -2.15. The molecule has 0 fully saturated rings. The molecule has 258 valence electrons. The zero-order valence-corrected chi connectivity index (χ0v) is 31.3. The Balaban J connectivity index is 2.03. The molecule has 0 aliphatic carbocycles. The summed E-state index contributed by atoms with van der Waals surface area (Å²) in [6.45, 7) is 11.1. The minimum Gasteiger partial charge on any atom is -0.461 e. The molecule has 0 spiro atoms. The number of carbonyl (C=O) groups excluding carboxylic acids is 4. The number of nitriles is 2. The van der Waals surface area contributed by atoms with Crippen LogP contribution in [-0.4, -0.2) is 37.1 Å². The molecule has 48 heavy (non-hydrogen) atoms. The summed E-state index contributed by atoms with van der Waals surface area (Å²) in [6.07, 6.45) is 7.55. The number of hydrogen-bond acceptors (Lipinski definition) is 14. The summed E-state index contributed by atoms with van der Waals surface area (Å²) < 4.78 is 23.0. The van der Waals surface area contributed by atoms with Gasteiger partial charge in [0.15, 0.2) is 22.6 Å². The van der Waals surface area contributed by atoms with E-state index in [9.17, 15) is 29.7 Å². The van der Waals surface area contributed by atoms with Gasteiger partial charge in [0.1, 0.15) is 12.1 Å². The molecular weight excluding hydrogens is 693 g/mol. The second kappa shape index (κ2) is 19.2. The number of ether oxygens (including phenoxy) is 4. The lowest BCUT2D eigenvalue weighted by molar-refractivity contribution is -0.140. The predicted octanol–water partition coefficient (Wildman–Crippen LogP) is 8.92. The Bertz CT molecular complexity index is 1420. The van der Waals surface area contributed by atoms with Gasteiger partial charge < -0.3 is 18.9 Å². The molecule has 0 amide bonds. The van der Waals surface area contributed by atoms with Crippen LogP contribution in [0.15, 0.2) is 39.2 Å². The van der Waals surface area contributed by atoms with Crippen molar-refractivity contribution >= 4 is 70.9 Å². The summed E-state index contributed by atoms with van der Waals surface area (Å²) in [5.41, 5.74) is -0.428. The number of thioether (sulfide) groups is 4. The van der Waals surface area contributed by atoms with Crippen molar-refractivity contribution in [2.75, 3.05) is 13.2 Å². The zero-order valence-electron chi connectivity index (χ0n) is 28.0. The maximum Gasteiger partial charge on any atom is 0.350 e. The number of nitrogens with zero attached hydrogens (tertiary/aromatic N) is 2. The van der Waals surface area contributed by atoms with Crippen molar-refractivity contribution in [1.82, 2.24) is 0 Å². The molecule has 1 aromatic carbocycles. The first-order chi connectivity index (χ1) is 23.0. The first kappa shape index (κ1) is 39.4. The van der Waals surface area contributed by atoms with Crippen LogP contribution in [0.3, 0.4) is 0 Å². The highest BCUT2D eigenvalue weighted by Crippen LogP contribution is 2.68. The molecule has 10 nitrogen and oxygen atoms in total. The SMILES string of the molecule is CCCCC(CC)COC(=O)C(C#N)=C1Sc2c(OC(C)=O)c3c(c(OC(C)=O)c2S1)SC(=C(C#N)C(=O)OCC(CC)CCCC)S3. The van der Waals surface area contributed by atoms with E-state index < -0.39 is 23.9 Å². The van der Waals surface area contributed by atoms with Gasteiger partial charge >= 0.3 is 23.9 Å². The smallest absolute Gasteiger partial charge is 0.350 e. The average molecular weight is 733 g/mol. The molecule has 2 aliphatic rings. The van der Waals surface area contributed by atoms with E-state index in [1.165, 1.54) is 13.8 Å². The summed E-state index contributed by atoms with van der Waals surface area (Å²) in [5.74, 6) is -2.24. The first-order valence-corrected chi connectivity index (χ1v) is 19.2. The fourth-order valence-corrected chi connectivity index (χ4v) is 10.1. The molecule has 2 atom stereocenters. The Labute approximate surface area is 299 Å². The van der Waals surface area contributed by atoms with Crippen LogP contribution in [0.4, 0.5) is 0 Å². The average Bonchev–Trinajstić information content (AvgIpc) is 3.69. The third-order valence-electron chi connectivity index (χ3n) is 7.53. The largest absolute Gasteiger partial charge is 0.461 e. The van der Waals surface area contributed by atoms with Crippen molar-refractivity contribution in [3.05, 3.63) is 19.6 Å². The maximum absolute atomic E-state index is 13.1. The second-order valence-electron chi connectivity index (χ2n) is 11.1. The quantitative estimate of drug-likeness (QED) is 0.0688. The molecule has 1 aromatic rings. The third kappa shape index (κ3) is 10.0. The topological polar surface area (TPSA) is 153 Å². The summed E-state index contributed by atoms with van der Waals surface area (Å²) in [6, 6.07) is 3.92. The molecule has 0 aromatic heterocycles. The lowest BCUT2D eigenvalue weighted by atomic mass is 10.0. The van der Waals surface area contributed by atoms with Crippen molar-refractivity contribution in [1.29, 1.82) is 10.5 Å². The van der Waals surface area contributed by atoms with Crippen molar-refractivity contribution in [3.8, 4) is 23.6 Å². The van der Waals surface area contributed by atoms with Crippen LogP contribution >= 0.6 is 47.0 Å². The molecule has 0 N–H and O–H groups in total. The van der Waals surface area contributed by atoms with Gasteiger partial charge in [-0.15, -0.1) is 0 Å². The molecule has 3 rings (SSSR count). The summed E-state index contributed by atoms with van der Waals surface area (Å²) in [7, 11) is 0. The molecule has 2 heterocycles. The molecule has 2 unspecified atom stereocenters. The number of benzene rings is 1. The molecule has 0 saturated heterocycles. The van der Waals surface area contributed by atoms with E-state index in [0.29, 0.717) is 19.6 Å². The van der Waals surface area contributed by atoms with Crippen LogP contribution in [0.5, 0.6) is 11.5 Å². The number of esters is 4.